The summed E-state index contributed by atoms with van der Waals surface area (Å²) < 4.78 is 0. The predicted octanol–water partition coefficient (Wildman–Crippen LogP) is 3.61. The van der Waals surface area contributed by atoms with Crippen molar-refractivity contribution in [3.8, 4) is 0 Å². The van der Waals surface area contributed by atoms with E-state index in [-0.39, 0.29) is 13.4 Å². The highest BCUT2D eigenvalue weighted by Gasteiger charge is 2.24. The number of carbonyl (C=O) groups is 1. The van der Waals surface area contributed by atoms with Gasteiger partial charge in [-0.25, -0.2) is 0 Å². The van der Waals surface area contributed by atoms with Crippen LogP contribution in [-0.2, 0) is 4.79 Å². The number of nitrogens with one attached hydrogen (secondary N) is 1. The maximum atomic E-state index is 12.1. The van der Waals surface area contributed by atoms with Crippen molar-refractivity contribution in [2.75, 3.05) is 16.8 Å². The molecule has 0 spiro atoms. The van der Waals surface area contributed by atoms with Crippen LogP contribution in [0.1, 0.15) is 47.0 Å². The molecule has 0 saturated heterocycles. The van der Waals surface area contributed by atoms with Gasteiger partial charge >= 0.3 is 0 Å². The Hall–Kier alpha value is -1.51. The Kier molecular flexibility index (Phi) is 3.60. The lowest BCUT2D eigenvalue weighted by atomic mass is 10.0. The molecule has 3 nitrogen and oxygen atoms in total. The summed E-state index contributed by atoms with van der Waals surface area (Å²) in [5, 5.41) is 3.37. The van der Waals surface area contributed by atoms with Crippen molar-refractivity contribution >= 4 is 17.3 Å². The van der Waals surface area contributed by atoms with Crippen molar-refractivity contribution < 1.29 is 6.22 Å². The van der Waals surface area contributed by atoms with Gasteiger partial charge in [0.15, 0.2) is 0 Å². The van der Waals surface area contributed by atoms with Gasteiger partial charge in [-0.05, 0) is 37.5 Å². The Morgan fingerprint density at radius 2 is 2.00 bits per heavy atom. The van der Waals surface area contributed by atoms with Crippen LogP contribution in [0.3, 0.4) is 0 Å². The first-order chi connectivity index (χ1) is 8.50. The van der Waals surface area contributed by atoms with Gasteiger partial charge in [0.1, 0.15) is 0 Å². The fourth-order valence-electron chi connectivity index (χ4n) is 2.39. The number of rotatable bonds is 2. The lowest BCUT2D eigenvalue weighted by Gasteiger charge is -2.27. The molecule has 1 aromatic carbocycles. The first-order valence-electron chi connectivity index (χ1n) is 6.70. The van der Waals surface area contributed by atoms with E-state index < -0.39 is 0 Å². The Labute approximate surface area is 111 Å². The van der Waals surface area contributed by atoms with E-state index >= 15 is 0 Å². The van der Waals surface area contributed by atoms with Gasteiger partial charge in [0, 0.05) is 20.4 Å². The maximum absolute atomic E-state index is 12.1. The van der Waals surface area contributed by atoms with E-state index in [9.17, 15) is 4.79 Å². The number of carbonyl (C=O) groups excluding carboxylic acids is 1. The van der Waals surface area contributed by atoms with E-state index in [4.69, 9.17) is 0 Å². The summed E-state index contributed by atoms with van der Waals surface area (Å²) in [7, 11) is 0. The molecule has 1 N–H and O–H groups in total. The maximum Gasteiger partial charge on any atom is 0.229 e. The minimum Gasteiger partial charge on any atom is -0.383 e. The zero-order valence-electron chi connectivity index (χ0n) is 11.7. The average molecular weight is 248 g/mol. The fourth-order valence-corrected chi connectivity index (χ4v) is 2.39. The molecule has 1 heterocycles. The number of nitrogens with zero attached hydrogens (tertiary/aromatic N) is 1. The van der Waals surface area contributed by atoms with Gasteiger partial charge in [0.25, 0.3) is 0 Å². The number of fused-ring (bicyclic) bond motifs is 1. The quantitative estimate of drug-likeness (QED) is 0.867. The molecule has 2 rings (SSSR count). The van der Waals surface area contributed by atoms with E-state index in [1.165, 1.54) is 5.56 Å². The Morgan fingerprint density at radius 1 is 1.28 bits per heavy atom. The molecule has 18 heavy (non-hydrogen) atoms. The normalized spacial score (nSPS) is 15.7. The second-order valence-corrected chi connectivity index (χ2v) is 5.47. The number of hydrogen-bond acceptors (Lipinski definition) is 2. The monoisotopic (exact) mass is 248 g/mol. The first kappa shape index (κ1) is 12.9. The van der Waals surface area contributed by atoms with E-state index in [0.717, 1.165) is 17.9 Å². The second kappa shape index (κ2) is 5.01. The van der Waals surface area contributed by atoms with Gasteiger partial charge < -0.3 is 10.2 Å². The van der Waals surface area contributed by atoms with E-state index in [1.807, 2.05) is 4.90 Å². The number of anilines is 2. The van der Waals surface area contributed by atoms with Crippen LogP contribution in [0, 0.1) is 0 Å². The first-order valence-corrected chi connectivity index (χ1v) is 6.70. The third kappa shape index (κ3) is 2.35. The Bertz CT molecular complexity index is 457. The van der Waals surface area contributed by atoms with Gasteiger partial charge in [0.2, 0.25) is 5.91 Å². The highest BCUT2D eigenvalue weighted by molar-refractivity contribution is 5.98. The molecular weight excluding hydrogens is 224 g/mol. The molecule has 0 bridgehead atoms. The minimum atomic E-state index is 0. The fraction of sp³-hybridized carbons (Fsp3) is 0.533. The predicted molar refractivity (Wildman–Crippen MR) is 78.4 cm³/mol. The lowest BCUT2D eigenvalue weighted by molar-refractivity contribution is -0.118. The van der Waals surface area contributed by atoms with Crippen LogP contribution < -0.4 is 10.2 Å². The van der Waals surface area contributed by atoms with Gasteiger partial charge in [0.05, 0.1) is 11.4 Å². The molecule has 0 unspecified atom stereocenters. The van der Waals surface area contributed by atoms with Crippen molar-refractivity contribution in [2.24, 2.45) is 0 Å². The minimum absolute atomic E-state index is 0. The molecule has 0 aromatic heterocycles. The summed E-state index contributed by atoms with van der Waals surface area (Å²) in [6, 6.07) is 6.56. The van der Waals surface area contributed by atoms with Crippen LogP contribution in [0.15, 0.2) is 18.2 Å². The highest BCUT2D eigenvalue weighted by atomic mass is 16.2. The van der Waals surface area contributed by atoms with Crippen LogP contribution in [0.25, 0.3) is 0 Å². The molecule has 1 aliphatic heterocycles. The van der Waals surface area contributed by atoms with Crippen LogP contribution in [0.5, 0.6) is 0 Å². The van der Waals surface area contributed by atoms with Crippen molar-refractivity contribution in [1.82, 2.24) is 0 Å². The third-order valence-corrected chi connectivity index (χ3v) is 3.39. The van der Waals surface area contributed by atoms with Crippen LogP contribution >= 0.6 is 0 Å². The molecule has 1 aliphatic rings. The molecule has 0 aliphatic carbocycles. The van der Waals surface area contributed by atoms with Crippen LogP contribution in [0.2, 0.25) is 0 Å². The summed E-state index contributed by atoms with van der Waals surface area (Å²) in [4.78, 5) is 14.0. The highest BCUT2D eigenvalue weighted by Crippen LogP contribution is 2.33. The summed E-state index contributed by atoms with van der Waals surface area (Å²) in [6.45, 7) is 9.21. The molecule has 0 saturated carbocycles. The zero-order chi connectivity index (χ0) is 13.3. The number of hydrogen-bond donors (Lipinski definition) is 1. The molecule has 0 atom stereocenters. The summed E-state index contributed by atoms with van der Waals surface area (Å²) in [5.74, 6) is 0.706. The van der Waals surface area contributed by atoms with E-state index in [1.54, 1.807) is 0 Å². The number of amides is 1. The van der Waals surface area contributed by atoms with Crippen molar-refractivity contribution in [3.63, 3.8) is 0 Å². The van der Waals surface area contributed by atoms with Gasteiger partial charge in [-0.3, -0.25) is 4.79 Å². The average Bonchev–Trinajstić information content (AvgIpc) is 2.45. The van der Waals surface area contributed by atoms with Gasteiger partial charge in [-0.15, -0.1) is 0 Å². The molecule has 1 aromatic rings. The zero-order valence-corrected chi connectivity index (χ0v) is 11.7. The standard InChI is InChI=1S/C15H22N2O.H2/c1-10(2)12-5-6-14-13(9-12)16-8-7-15(18)17(14)11(3)4;/h5-6,9-11,16H,7-8H2,1-4H3;1H. The molecule has 0 fully saturated rings. The summed E-state index contributed by atoms with van der Waals surface area (Å²) >= 11 is 0. The van der Waals surface area contributed by atoms with Crippen molar-refractivity contribution in [2.45, 2.75) is 46.1 Å². The SMILES string of the molecule is CC(C)c1ccc2c(c1)NCCC(=O)N2C(C)C.[HH]. The smallest absolute Gasteiger partial charge is 0.229 e. The molecular formula is C15H24N2O. The van der Waals surface area contributed by atoms with Crippen LogP contribution in [-0.4, -0.2) is 18.5 Å². The third-order valence-electron chi connectivity index (χ3n) is 3.39. The van der Waals surface area contributed by atoms with Crippen molar-refractivity contribution in [3.05, 3.63) is 23.8 Å². The van der Waals surface area contributed by atoms with Gasteiger partial charge in [-0.2, -0.15) is 0 Å². The Balaban J connectivity index is 0.00000180. The largest absolute Gasteiger partial charge is 0.383 e. The Morgan fingerprint density at radius 3 is 2.61 bits per heavy atom. The molecule has 3 heteroatoms. The van der Waals surface area contributed by atoms with Crippen LogP contribution in [0.4, 0.5) is 11.4 Å². The molecule has 1 amide bonds. The summed E-state index contributed by atoms with van der Waals surface area (Å²) in [5.41, 5.74) is 3.40. The number of benzene rings is 1. The van der Waals surface area contributed by atoms with E-state index in [0.29, 0.717) is 12.3 Å². The van der Waals surface area contributed by atoms with Gasteiger partial charge in [-0.1, -0.05) is 19.9 Å². The summed E-state index contributed by atoms with van der Waals surface area (Å²) in [6.07, 6.45) is 0.559. The topological polar surface area (TPSA) is 32.3 Å². The molecule has 100 valence electrons. The lowest BCUT2D eigenvalue weighted by Crippen LogP contribution is -2.36. The van der Waals surface area contributed by atoms with E-state index in [2.05, 4.69) is 51.2 Å². The van der Waals surface area contributed by atoms with Crippen molar-refractivity contribution in [1.29, 1.82) is 0 Å². The second-order valence-electron chi connectivity index (χ2n) is 5.47. The molecule has 0 radical (unpaired) electrons.